The van der Waals surface area contributed by atoms with E-state index in [1.54, 1.807) is 6.08 Å². The van der Waals surface area contributed by atoms with Gasteiger partial charge in [-0.15, -0.1) is 0 Å². The smallest absolute Gasteiger partial charge is 0.303 e. The fraction of sp³-hybridized carbons (Fsp3) is 0.667. The minimum atomic E-state index is -2.63. The van der Waals surface area contributed by atoms with Gasteiger partial charge in [0, 0.05) is 12.8 Å². The Morgan fingerprint density at radius 3 is 2.60 bits per heavy atom. The number of hydrogen-bond donors (Lipinski definition) is 1. The summed E-state index contributed by atoms with van der Waals surface area (Å²) in [5, 5.41) is 8.19. The SMILES string of the molecule is C/C=C\CCCC(=O)O.C=C1CCCC1/C=C/C(F)(F)CCCCC. The molecule has 0 saturated heterocycles. The van der Waals surface area contributed by atoms with Crippen LogP contribution in [0.5, 0.6) is 0 Å². The van der Waals surface area contributed by atoms with E-state index in [-0.39, 0.29) is 18.8 Å². The fourth-order valence-electron chi connectivity index (χ4n) is 2.66. The number of allylic oxidation sites excluding steroid dienone is 5. The van der Waals surface area contributed by atoms with Crippen molar-refractivity contribution < 1.29 is 18.7 Å². The van der Waals surface area contributed by atoms with Gasteiger partial charge in [0.2, 0.25) is 0 Å². The lowest BCUT2D eigenvalue weighted by Gasteiger charge is -2.12. The molecule has 4 heteroatoms. The van der Waals surface area contributed by atoms with Crippen LogP contribution in [0.1, 0.15) is 78.1 Å². The van der Waals surface area contributed by atoms with E-state index >= 15 is 0 Å². The third-order valence-electron chi connectivity index (χ3n) is 4.22. The molecule has 1 atom stereocenters. The highest BCUT2D eigenvalue weighted by Crippen LogP contribution is 2.32. The van der Waals surface area contributed by atoms with E-state index in [0.717, 1.165) is 56.6 Å². The molecule has 1 aliphatic rings. The lowest BCUT2D eigenvalue weighted by atomic mass is 10.0. The predicted molar refractivity (Wildman–Crippen MR) is 101 cm³/mol. The zero-order chi connectivity index (χ0) is 19.1. The molecular weight excluding hydrogens is 322 g/mol. The zero-order valence-corrected chi connectivity index (χ0v) is 15.8. The van der Waals surface area contributed by atoms with Crippen molar-refractivity contribution in [3.05, 3.63) is 36.5 Å². The first-order valence-corrected chi connectivity index (χ1v) is 9.40. The second-order valence-corrected chi connectivity index (χ2v) is 6.59. The molecule has 144 valence electrons. The van der Waals surface area contributed by atoms with Crippen LogP contribution in [0, 0.1) is 5.92 Å². The molecule has 1 rings (SSSR count). The molecule has 1 aliphatic carbocycles. The van der Waals surface area contributed by atoms with E-state index in [2.05, 4.69) is 6.58 Å². The summed E-state index contributed by atoms with van der Waals surface area (Å²) >= 11 is 0. The number of alkyl halides is 2. The molecule has 0 heterocycles. The van der Waals surface area contributed by atoms with Crippen LogP contribution in [0.25, 0.3) is 0 Å². The maximum atomic E-state index is 13.4. The van der Waals surface area contributed by atoms with Crippen LogP contribution >= 0.6 is 0 Å². The normalized spacial score (nSPS) is 17.9. The molecule has 2 nitrogen and oxygen atoms in total. The Bertz CT molecular complexity index is 439. The molecule has 0 radical (unpaired) electrons. The molecule has 0 aliphatic heterocycles. The van der Waals surface area contributed by atoms with Gasteiger partial charge in [-0.1, -0.05) is 50.1 Å². The van der Waals surface area contributed by atoms with Crippen molar-refractivity contribution in [1.29, 1.82) is 0 Å². The van der Waals surface area contributed by atoms with Crippen LogP contribution in [0.3, 0.4) is 0 Å². The molecule has 0 aromatic rings. The molecule has 1 unspecified atom stereocenters. The first kappa shape index (κ1) is 23.5. The Morgan fingerprint density at radius 1 is 1.36 bits per heavy atom. The standard InChI is InChI=1S/C14H22F2.C7H12O2/c1-3-4-5-10-14(15,16)11-9-13-8-6-7-12(13)2;1-2-3-4-5-6-7(8)9/h9,11,13H,2-8,10H2,1H3;2-3H,4-6H2,1H3,(H,8,9)/b11-9+;3-2-. The number of halogens is 2. The Hall–Kier alpha value is -1.45. The monoisotopic (exact) mass is 356 g/mol. The average Bonchev–Trinajstić information content (AvgIpc) is 2.96. The lowest BCUT2D eigenvalue weighted by Crippen LogP contribution is -2.12. The van der Waals surface area contributed by atoms with Crippen LogP contribution in [-0.2, 0) is 4.79 Å². The molecular formula is C21H34F2O2. The molecule has 1 fully saturated rings. The summed E-state index contributed by atoms with van der Waals surface area (Å²) < 4.78 is 26.8. The summed E-state index contributed by atoms with van der Waals surface area (Å²) in [6, 6.07) is 0. The second kappa shape index (κ2) is 13.8. The van der Waals surface area contributed by atoms with Crippen LogP contribution < -0.4 is 0 Å². The summed E-state index contributed by atoms with van der Waals surface area (Å²) in [5.41, 5.74) is 1.11. The average molecular weight is 356 g/mol. The van der Waals surface area contributed by atoms with Crippen LogP contribution in [0.4, 0.5) is 8.78 Å². The largest absolute Gasteiger partial charge is 0.481 e. The maximum absolute atomic E-state index is 13.4. The van der Waals surface area contributed by atoms with E-state index in [1.165, 1.54) is 0 Å². The molecule has 25 heavy (non-hydrogen) atoms. The van der Waals surface area contributed by atoms with Gasteiger partial charge in [-0.25, -0.2) is 8.78 Å². The predicted octanol–water partition coefficient (Wildman–Crippen LogP) is 6.93. The minimum Gasteiger partial charge on any atom is -0.481 e. The Kier molecular flexibility index (Phi) is 13.0. The molecule has 0 bridgehead atoms. The van der Waals surface area contributed by atoms with E-state index in [9.17, 15) is 13.6 Å². The molecule has 1 N–H and O–H groups in total. The Balaban J connectivity index is 0.000000547. The van der Waals surface area contributed by atoms with Gasteiger partial charge in [0.15, 0.2) is 0 Å². The van der Waals surface area contributed by atoms with Gasteiger partial charge in [0.1, 0.15) is 0 Å². The lowest BCUT2D eigenvalue weighted by molar-refractivity contribution is -0.137. The first-order chi connectivity index (χ1) is 11.8. The van der Waals surface area contributed by atoms with Crippen molar-refractivity contribution in [2.24, 2.45) is 5.92 Å². The highest BCUT2D eigenvalue weighted by Gasteiger charge is 2.25. The van der Waals surface area contributed by atoms with Gasteiger partial charge in [0.25, 0.3) is 5.92 Å². The van der Waals surface area contributed by atoms with Gasteiger partial charge in [0.05, 0.1) is 0 Å². The summed E-state index contributed by atoms with van der Waals surface area (Å²) in [6.45, 7) is 7.87. The highest BCUT2D eigenvalue weighted by atomic mass is 19.3. The Morgan fingerprint density at radius 2 is 2.08 bits per heavy atom. The molecule has 0 aromatic carbocycles. The number of rotatable bonds is 10. The van der Waals surface area contributed by atoms with Gasteiger partial charge in [-0.2, -0.15) is 0 Å². The molecule has 1 saturated carbocycles. The van der Waals surface area contributed by atoms with Crippen molar-refractivity contribution >= 4 is 5.97 Å². The summed E-state index contributed by atoms with van der Waals surface area (Å²) in [6.07, 6.45) is 14.1. The number of hydrogen-bond acceptors (Lipinski definition) is 1. The van der Waals surface area contributed by atoms with Crippen molar-refractivity contribution in [1.82, 2.24) is 0 Å². The van der Waals surface area contributed by atoms with Gasteiger partial charge >= 0.3 is 5.97 Å². The van der Waals surface area contributed by atoms with Crippen LogP contribution in [0.2, 0.25) is 0 Å². The van der Waals surface area contributed by atoms with Crippen molar-refractivity contribution in [2.75, 3.05) is 0 Å². The third-order valence-corrected chi connectivity index (χ3v) is 4.22. The van der Waals surface area contributed by atoms with E-state index in [0.29, 0.717) is 6.42 Å². The van der Waals surface area contributed by atoms with Crippen LogP contribution in [-0.4, -0.2) is 17.0 Å². The fourth-order valence-corrected chi connectivity index (χ4v) is 2.66. The minimum absolute atomic E-state index is 0.0173. The second-order valence-electron chi connectivity index (χ2n) is 6.59. The number of unbranched alkanes of at least 4 members (excludes halogenated alkanes) is 3. The van der Waals surface area contributed by atoms with Crippen LogP contribution in [0.15, 0.2) is 36.5 Å². The van der Waals surface area contributed by atoms with Gasteiger partial charge in [-0.05, 0) is 57.4 Å². The van der Waals surface area contributed by atoms with Crippen molar-refractivity contribution in [3.8, 4) is 0 Å². The zero-order valence-electron chi connectivity index (χ0n) is 15.8. The summed E-state index contributed by atoms with van der Waals surface area (Å²) in [5.74, 6) is -3.14. The van der Waals surface area contributed by atoms with Crippen molar-refractivity contribution in [3.63, 3.8) is 0 Å². The maximum Gasteiger partial charge on any atom is 0.303 e. The number of aliphatic carboxylic acids is 1. The van der Waals surface area contributed by atoms with E-state index < -0.39 is 11.9 Å². The number of carboxylic acids is 1. The summed E-state index contributed by atoms with van der Waals surface area (Å²) in [4.78, 5) is 9.94. The van der Waals surface area contributed by atoms with E-state index in [1.807, 2.05) is 26.0 Å². The number of carboxylic acid groups (broad SMARTS) is 1. The molecule has 0 aromatic heterocycles. The highest BCUT2D eigenvalue weighted by molar-refractivity contribution is 5.66. The van der Waals surface area contributed by atoms with Gasteiger partial charge < -0.3 is 5.11 Å². The third kappa shape index (κ3) is 13.5. The summed E-state index contributed by atoms with van der Waals surface area (Å²) in [7, 11) is 0. The Labute approximate surface area is 151 Å². The molecule has 0 amide bonds. The first-order valence-electron chi connectivity index (χ1n) is 9.40. The van der Waals surface area contributed by atoms with Gasteiger partial charge in [-0.3, -0.25) is 4.79 Å². The van der Waals surface area contributed by atoms with Crippen molar-refractivity contribution in [2.45, 2.75) is 84.0 Å². The number of carbonyl (C=O) groups is 1. The quantitative estimate of drug-likeness (QED) is 0.340. The molecule has 0 spiro atoms. The topological polar surface area (TPSA) is 37.3 Å². The van der Waals surface area contributed by atoms with E-state index in [4.69, 9.17) is 5.11 Å².